The molecule has 0 amide bonds. The summed E-state index contributed by atoms with van der Waals surface area (Å²) >= 11 is 1.06. The molecular weight excluding hydrogens is 492 g/mol. The molecule has 1 aliphatic rings. The van der Waals surface area contributed by atoms with Crippen LogP contribution in [0.15, 0.2) is 55.0 Å². The van der Waals surface area contributed by atoms with Crippen molar-refractivity contribution in [3.8, 4) is 33.1 Å². The quantitative estimate of drug-likeness (QED) is 0.288. The molecule has 6 heterocycles. The molecule has 2 N–H and O–H groups in total. The summed E-state index contributed by atoms with van der Waals surface area (Å²) in [5.74, 6) is 0.146. The van der Waals surface area contributed by atoms with Gasteiger partial charge in [-0.05, 0) is 61.8 Å². The molecule has 7 nitrogen and oxygen atoms in total. The van der Waals surface area contributed by atoms with E-state index in [4.69, 9.17) is 0 Å². The van der Waals surface area contributed by atoms with Gasteiger partial charge in [0.2, 0.25) is 0 Å². The summed E-state index contributed by atoms with van der Waals surface area (Å²) in [6, 6.07) is 10.3. The molecule has 0 saturated carbocycles. The Labute approximate surface area is 214 Å². The van der Waals surface area contributed by atoms with Crippen molar-refractivity contribution in [1.82, 2.24) is 35.0 Å². The molecule has 0 spiro atoms. The lowest BCUT2D eigenvalue weighted by Gasteiger charge is -2.15. The first-order chi connectivity index (χ1) is 18.1. The van der Waals surface area contributed by atoms with Crippen LogP contribution in [-0.4, -0.2) is 48.1 Å². The molecule has 0 aliphatic carbocycles. The number of aromatic amines is 2. The van der Waals surface area contributed by atoms with Gasteiger partial charge in [0.05, 0.1) is 11.0 Å². The minimum Gasteiger partial charge on any atom is -0.335 e. The number of thiophene rings is 1. The third-order valence-corrected chi connectivity index (χ3v) is 7.72. The maximum absolute atomic E-state index is 15.2. The van der Waals surface area contributed by atoms with E-state index in [-0.39, 0.29) is 10.9 Å². The zero-order valence-electron chi connectivity index (χ0n) is 19.6. The highest BCUT2D eigenvalue weighted by Crippen LogP contribution is 2.35. The third kappa shape index (κ3) is 3.98. The second-order valence-electron chi connectivity index (χ2n) is 9.26. The summed E-state index contributed by atoms with van der Waals surface area (Å²) in [6.07, 6.45) is 7.61. The highest BCUT2D eigenvalue weighted by molar-refractivity contribution is 7.14. The third-order valence-electron chi connectivity index (χ3n) is 6.82. The maximum Gasteiger partial charge on any atom is 0.178 e. The van der Waals surface area contributed by atoms with Crippen molar-refractivity contribution in [3.05, 3.63) is 71.5 Å². The lowest BCUT2D eigenvalue weighted by molar-refractivity contribution is 0.331. The molecule has 0 atom stereocenters. The average molecular weight is 514 g/mol. The number of aromatic nitrogens is 6. The zero-order valence-corrected chi connectivity index (χ0v) is 20.4. The summed E-state index contributed by atoms with van der Waals surface area (Å²) in [4.78, 5) is 19.9. The van der Waals surface area contributed by atoms with E-state index in [1.165, 1.54) is 25.0 Å². The SMILES string of the molecule is Fc1ccc(-c2ccnc3nc(-c4n[nH]c5cc(F)c(-c6cncc(CN7CCCC7)c6)cc45)[nH]c23)s1. The number of rotatable bonds is 5. The molecule has 1 aliphatic heterocycles. The van der Waals surface area contributed by atoms with Gasteiger partial charge >= 0.3 is 0 Å². The first kappa shape index (κ1) is 22.2. The van der Waals surface area contributed by atoms with Crippen LogP contribution in [0.25, 0.3) is 55.2 Å². The van der Waals surface area contributed by atoms with Crippen LogP contribution in [0, 0.1) is 10.9 Å². The van der Waals surface area contributed by atoms with Crippen LogP contribution in [0.4, 0.5) is 8.78 Å². The van der Waals surface area contributed by atoms with Gasteiger partial charge in [-0.1, -0.05) is 0 Å². The van der Waals surface area contributed by atoms with Gasteiger partial charge in [-0.15, -0.1) is 11.3 Å². The van der Waals surface area contributed by atoms with Crippen molar-refractivity contribution in [2.45, 2.75) is 19.4 Å². The minimum atomic E-state index is -0.351. The Kier molecular flexibility index (Phi) is 5.29. The first-order valence-electron chi connectivity index (χ1n) is 12.1. The van der Waals surface area contributed by atoms with Gasteiger partial charge < -0.3 is 4.98 Å². The van der Waals surface area contributed by atoms with E-state index in [1.54, 1.807) is 24.5 Å². The van der Waals surface area contributed by atoms with Gasteiger partial charge in [0, 0.05) is 58.2 Å². The standard InChI is InChI=1S/C27H21F2N7S/c28-20-11-21-19(10-18(20)16-9-15(12-30-13-16)14-36-7-1-2-8-36)25(35-34-21)27-32-24-17(5-6-31-26(24)33-27)22-3-4-23(29)37-22/h3-6,9-13H,1-2,7-8,14H2,(H,34,35)(H,31,32,33). The molecule has 0 bridgehead atoms. The van der Waals surface area contributed by atoms with Crippen molar-refractivity contribution in [3.63, 3.8) is 0 Å². The van der Waals surface area contributed by atoms with Gasteiger partial charge in [-0.2, -0.15) is 9.49 Å². The van der Waals surface area contributed by atoms with Crippen molar-refractivity contribution in [2.24, 2.45) is 0 Å². The number of likely N-dealkylation sites (tertiary alicyclic amines) is 1. The Bertz CT molecular complexity index is 1760. The zero-order chi connectivity index (χ0) is 24.9. The van der Waals surface area contributed by atoms with Crippen LogP contribution in [0.2, 0.25) is 0 Å². The van der Waals surface area contributed by atoms with Crippen LogP contribution >= 0.6 is 11.3 Å². The monoisotopic (exact) mass is 513 g/mol. The van der Waals surface area contributed by atoms with E-state index >= 15 is 4.39 Å². The predicted molar refractivity (Wildman–Crippen MR) is 140 cm³/mol. The highest BCUT2D eigenvalue weighted by Gasteiger charge is 2.19. The normalized spacial score (nSPS) is 14.3. The van der Waals surface area contributed by atoms with Crippen molar-refractivity contribution in [1.29, 1.82) is 0 Å². The molecule has 7 rings (SSSR count). The highest BCUT2D eigenvalue weighted by atomic mass is 32.1. The summed E-state index contributed by atoms with van der Waals surface area (Å²) in [7, 11) is 0. The Hall–Kier alpha value is -4.02. The second-order valence-corrected chi connectivity index (χ2v) is 10.3. The van der Waals surface area contributed by atoms with Crippen LogP contribution < -0.4 is 0 Å². The Morgan fingerprint density at radius 3 is 2.73 bits per heavy atom. The van der Waals surface area contributed by atoms with Crippen molar-refractivity contribution < 1.29 is 8.78 Å². The van der Waals surface area contributed by atoms with Gasteiger partial charge in [0.25, 0.3) is 0 Å². The number of nitrogens with one attached hydrogen (secondary N) is 2. The molecule has 0 radical (unpaired) electrons. The van der Waals surface area contributed by atoms with Gasteiger partial charge in [-0.3, -0.25) is 15.0 Å². The molecule has 184 valence electrons. The lowest BCUT2D eigenvalue weighted by atomic mass is 10.0. The summed E-state index contributed by atoms with van der Waals surface area (Å²) < 4.78 is 28.9. The average Bonchev–Trinajstić information content (AvgIpc) is 3.70. The van der Waals surface area contributed by atoms with Crippen LogP contribution in [0.3, 0.4) is 0 Å². The molecule has 5 aromatic heterocycles. The largest absolute Gasteiger partial charge is 0.335 e. The Morgan fingerprint density at radius 2 is 1.89 bits per heavy atom. The summed E-state index contributed by atoms with van der Waals surface area (Å²) in [6.45, 7) is 2.97. The Morgan fingerprint density at radius 1 is 1.00 bits per heavy atom. The van der Waals surface area contributed by atoms with Gasteiger partial charge in [-0.25, -0.2) is 14.4 Å². The molecule has 1 fully saturated rings. The smallest absolute Gasteiger partial charge is 0.178 e. The number of pyridine rings is 2. The van der Waals surface area contributed by atoms with Gasteiger partial charge in [0.1, 0.15) is 11.5 Å². The topological polar surface area (TPSA) is 86.4 Å². The molecule has 37 heavy (non-hydrogen) atoms. The maximum atomic E-state index is 15.2. The van der Waals surface area contributed by atoms with E-state index in [0.717, 1.165) is 57.9 Å². The fraction of sp³-hybridized carbons (Fsp3) is 0.185. The Balaban J connectivity index is 1.30. The van der Waals surface area contributed by atoms with Crippen molar-refractivity contribution in [2.75, 3.05) is 13.1 Å². The number of hydrogen-bond donors (Lipinski definition) is 2. The number of imidazole rings is 1. The van der Waals surface area contributed by atoms with E-state index in [9.17, 15) is 4.39 Å². The van der Waals surface area contributed by atoms with E-state index in [0.29, 0.717) is 33.8 Å². The first-order valence-corrected chi connectivity index (χ1v) is 12.9. The number of nitrogens with zero attached hydrogens (tertiary/aromatic N) is 5. The van der Waals surface area contributed by atoms with Crippen LogP contribution in [0.5, 0.6) is 0 Å². The summed E-state index contributed by atoms with van der Waals surface area (Å²) in [5.41, 5.74) is 5.35. The molecule has 6 aromatic rings. The lowest BCUT2D eigenvalue weighted by Crippen LogP contribution is -2.18. The fourth-order valence-electron chi connectivity index (χ4n) is 5.05. The van der Waals surface area contributed by atoms with Crippen LogP contribution in [-0.2, 0) is 6.54 Å². The summed E-state index contributed by atoms with van der Waals surface area (Å²) in [5, 5.41) is 7.82. The van der Waals surface area contributed by atoms with E-state index in [2.05, 4.69) is 35.0 Å². The van der Waals surface area contributed by atoms with Crippen LogP contribution in [0.1, 0.15) is 18.4 Å². The molecule has 1 saturated heterocycles. The molecule has 1 aromatic carbocycles. The molecule has 10 heteroatoms. The minimum absolute atomic E-state index is 0.258. The fourth-order valence-corrected chi connectivity index (χ4v) is 5.81. The van der Waals surface area contributed by atoms with Gasteiger partial charge in [0.15, 0.2) is 16.6 Å². The number of benzene rings is 1. The number of halogens is 2. The second kappa shape index (κ2) is 8.82. The predicted octanol–water partition coefficient (Wildman–Crippen LogP) is 6.17. The number of H-pyrrole nitrogens is 2. The molecule has 0 unspecified atom stereocenters. The molecular formula is C27H21F2N7S. The van der Waals surface area contributed by atoms with E-state index < -0.39 is 0 Å². The number of hydrogen-bond acceptors (Lipinski definition) is 6. The van der Waals surface area contributed by atoms with E-state index in [1.807, 2.05) is 18.3 Å². The number of fused-ring (bicyclic) bond motifs is 2. The van der Waals surface area contributed by atoms with Crippen molar-refractivity contribution >= 4 is 33.4 Å².